The minimum absolute atomic E-state index is 0.135. The first-order valence-electron chi connectivity index (χ1n) is 7.58. The second-order valence-electron chi connectivity index (χ2n) is 5.84. The quantitative estimate of drug-likeness (QED) is 0.846. The fraction of sp³-hybridized carbons (Fsp3) is 0.800. The molecule has 2 rings (SSSR count). The number of hydrogen-bond acceptors (Lipinski definition) is 4. The van der Waals surface area contributed by atoms with E-state index < -0.39 is 0 Å². The number of ether oxygens (including phenoxy) is 1. The molecule has 0 saturated carbocycles. The molecule has 1 fully saturated rings. The van der Waals surface area contributed by atoms with E-state index in [0.717, 1.165) is 44.8 Å². The van der Waals surface area contributed by atoms with Crippen molar-refractivity contribution in [1.29, 1.82) is 0 Å². The second kappa shape index (κ2) is 6.70. The molecule has 2 unspecified atom stereocenters. The van der Waals surface area contributed by atoms with Gasteiger partial charge in [-0.05, 0) is 26.5 Å². The molecule has 0 radical (unpaired) electrons. The molecular weight excluding hydrogens is 252 g/mol. The molecular formula is C15H28N4O. The van der Waals surface area contributed by atoms with Gasteiger partial charge in [-0.3, -0.25) is 9.58 Å². The fourth-order valence-corrected chi connectivity index (χ4v) is 3.18. The topological polar surface area (TPSA) is 42.3 Å². The molecule has 0 aliphatic carbocycles. The van der Waals surface area contributed by atoms with E-state index in [-0.39, 0.29) is 5.54 Å². The van der Waals surface area contributed by atoms with Gasteiger partial charge >= 0.3 is 0 Å². The smallest absolute Gasteiger partial charge is 0.0640 e. The molecule has 0 bridgehead atoms. The molecule has 1 aromatic heterocycles. The maximum atomic E-state index is 5.50. The summed E-state index contributed by atoms with van der Waals surface area (Å²) in [5.41, 5.74) is 1.29. The van der Waals surface area contributed by atoms with Gasteiger partial charge in [0, 0.05) is 44.3 Å². The Morgan fingerprint density at radius 2 is 2.15 bits per heavy atom. The summed E-state index contributed by atoms with van der Waals surface area (Å²) >= 11 is 0. The van der Waals surface area contributed by atoms with Crippen molar-refractivity contribution in [3.63, 3.8) is 0 Å². The third kappa shape index (κ3) is 3.22. The summed E-state index contributed by atoms with van der Waals surface area (Å²) < 4.78 is 7.37. The van der Waals surface area contributed by atoms with Gasteiger partial charge in [0.25, 0.3) is 0 Å². The number of likely N-dealkylation sites (N-methyl/N-ethyl adjacent to an activating group) is 1. The van der Waals surface area contributed by atoms with Gasteiger partial charge in [-0.1, -0.05) is 6.92 Å². The Labute approximate surface area is 122 Å². The van der Waals surface area contributed by atoms with Crippen molar-refractivity contribution in [2.75, 3.05) is 33.4 Å². The summed E-state index contributed by atoms with van der Waals surface area (Å²) in [6.07, 6.45) is 4.09. The van der Waals surface area contributed by atoms with E-state index in [0.29, 0.717) is 6.04 Å². The lowest BCUT2D eigenvalue weighted by Crippen LogP contribution is -2.62. The molecule has 1 aliphatic heterocycles. The molecule has 114 valence electrons. The maximum Gasteiger partial charge on any atom is 0.0640 e. The van der Waals surface area contributed by atoms with E-state index in [1.54, 1.807) is 0 Å². The van der Waals surface area contributed by atoms with Gasteiger partial charge in [0.05, 0.1) is 18.9 Å². The number of nitrogens with one attached hydrogen (secondary N) is 1. The number of nitrogens with zero attached hydrogens (tertiary/aromatic N) is 3. The van der Waals surface area contributed by atoms with Crippen molar-refractivity contribution in [2.24, 2.45) is 7.05 Å². The van der Waals surface area contributed by atoms with Gasteiger partial charge in [0.15, 0.2) is 0 Å². The molecule has 1 saturated heterocycles. The first-order valence-corrected chi connectivity index (χ1v) is 7.58. The van der Waals surface area contributed by atoms with E-state index in [4.69, 9.17) is 4.74 Å². The zero-order chi connectivity index (χ0) is 14.6. The molecule has 1 aliphatic rings. The highest BCUT2D eigenvalue weighted by molar-refractivity contribution is 5.07. The van der Waals surface area contributed by atoms with Crippen LogP contribution in [0.2, 0.25) is 0 Å². The molecule has 0 amide bonds. The summed E-state index contributed by atoms with van der Waals surface area (Å²) in [5.74, 6) is 0. The van der Waals surface area contributed by atoms with Crippen molar-refractivity contribution < 1.29 is 4.74 Å². The molecule has 2 atom stereocenters. The van der Waals surface area contributed by atoms with Gasteiger partial charge in [0.2, 0.25) is 0 Å². The Bertz CT molecular complexity index is 414. The van der Waals surface area contributed by atoms with Crippen LogP contribution in [-0.2, 0) is 18.2 Å². The van der Waals surface area contributed by atoms with E-state index >= 15 is 0 Å². The van der Waals surface area contributed by atoms with Crippen LogP contribution in [-0.4, -0.2) is 59.6 Å². The van der Waals surface area contributed by atoms with Crippen LogP contribution in [0.3, 0.4) is 0 Å². The van der Waals surface area contributed by atoms with Gasteiger partial charge in [-0.2, -0.15) is 5.10 Å². The van der Waals surface area contributed by atoms with Crippen molar-refractivity contribution in [1.82, 2.24) is 20.0 Å². The summed E-state index contributed by atoms with van der Waals surface area (Å²) in [6, 6.07) is 2.50. The standard InChI is InChI=1S/C15H28N4O/c1-5-15(2,19-8-10-20-11-9-19)14(16-3)12-13-6-7-18(4)17-13/h6-7,14,16H,5,8-12H2,1-4H3. The zero-order valence-electron chi connectivity index (χ0n) is 13.2. The molecule has 20 heavy (non-hydrogen) atoms. The summed E-state index contributed by atoms with van der Waals surface area (Å²) in [5, 5.41) is 8.04. The Morgan fingerprint density at radius 3 is 2.65 bits per heavy atom. The lowest BCUT2D eigenvalue weighted by atomic mass is 9.84. The first kappa shape index (κ1) is 15.5. The average Bonchev–Trinajstić information content (AvgIpc) is 2.90. The van der Waals surface area contributed by atoms with Crippen LogP contribution < -0.4 is 5.32 Å². The highest BCUT2D eigenvalue weighted by Gasteiger charge is 2.38. The van der Waals surface area contributed by atoms with Crippen LogP contribution in [0.5, 0.6) is 0 Å². The summed E-state index contributed by atoms with van der Waals surface area (Å²) in [4.78, 5) is 2.57. The highest BCUT2D eigenvalue weighted by atomic mass is 16.5. The maximum absolute atomic E-state index is 5.50. The first-order chi connectivity index (χ1) is 9.60. The minimum Gasteiger partial charge on any atom is -0.379 e. The Kier molecular flexibility index (Phi) is 5.18. The largest absolute Gasteiger partial charge is 0.379 e. The van der Waals surface area contributed by atoms with Gasteiger partial charge in [-0.15, -0.1) is 0 Å². The van der Waals surface area contributed by atoms with Crippen LogP contribution in [0.25, 0.3) is 0 Å². The monoisotopic (exact) mass is 280 g/mol. The van der Waals surface area contributed by atoms with Crippen LogP contribution in [0, 0.1) is 0 Å². The minimum atomic E-state index is 0.135. The molecule has 5 heteroatoms. The summed E-state index contributed by atoms with van der Waals surface area (Å²) in [6.45, 7) is 8.36. The van der Waals surface area contributed by atoms with Gasteiger partial charge in [0.1, 0.15) is 0 Å². The van der Waals surface area contributed by atoms with Crippen LogP contribution in [0.1, 0.15) is 26.0 Å². The predicted octanol–water partition coefficient (Wildman–Crippen LogP) is 1.05. The van der Waals surface area contributed by atoms with Crippen LogP contribution in [0.15, 0.2) is 12.3 Å². The number of morpholine rings is 1. The zero-order valence-corrected chi connectivity index (χ0v) is 13.2. The highest BCUT2D eigenvalue weighted by Crippen LogP contribution is 2.26. The Balaban J connectivity index is 2.12. The van der Waals surface area contributed by atoms with Crippen LogP contribution >= 0.6 is 0 Å². The van der Waals surface area contributed by atoms with E-state index in [9.17, 15) is 0 Å². The number of hydrogen-bond donors (Lipinski definition) is 1. The van der Waals surface area contributed by atoms with Crippen molar-refractivity contribution in [2.45, 2.75) is 38.3 Å². The third-order valence-electron chi connectivity index (χ3n) is 4.73. The average molecular weight is 280 g/mol. The normalized spacial score (nSPS) is 21.6. The lowest BCUT2D eigenvalue weighted by molar-refractivity contribution is -0.0314. The molecule has 0 aromatic carbocycles. The van der Waals surface area contributed by atoms with Crippen LogP contribution in [0.4, 0.5) is 0 Å². The van der Waals surface area contributed by atoms with Crippen molar-refractivity contribution in [3.8, 4) is 0 Å². The summed E-state index contributed by atoms with van der Waals surface area (Å²) in [7, 11) is 4.03. The van der Waals surface area contributed by atoms with Gasteiger partial charge in [-0.25, -0.2) is 0 Å². The number of aryl methyl sites for hydroxylation is 1. The molecule has 5 nitrogen and oxygen atoms in total. The van der Waals surface area contributed by atoms with Crippen molar-refractivity contribution in [3.05, 3.63) is 18.0 Å². The Hall–Kier alpha value is -0.910. The fourth-order valence-electron chi connectivity index (χ4n) is 3.18. The molecule has 1 aromatic rings. The number of rotatable bonds is 6. The molecule has 0 spiro atoms. The second-order valence-corrected chi connectivity index (χ2v) is 5.84. The molecule has 2 heterocycles. The lowest BCUT2D eigenvalue weighted by Gasteiger charge is -2.47. The van der Waals surface area contributed by atoms with Gasteiger partial charge < -0.3 is 10.1 Å². The Morgan fingerprint density at radius 1 is 1.45 bits per heavy atom. The third-order valence-corrected chi connectivity index (χ3v) is 4.73. The van der Waals surface area contributed by atoms with E-state index in [1.807, 2.05) is 17.9 Å². The number of aromatic nitrogens is 2. The van der Waals surface area contributed by atoms with E-state index in [1.165, 1.54) is 0 Å². The molecule has 1 N–H and O–H groups in total. The SMILES string of the molecule is CCC(C)(C(Cc1ccn(C)n1)NC)N1CCOCC1. The predicted molar refractivity (Wildman–Crippen MR) is 80.8 cm³/mol. The van der Waals surface area contributed by atoms with E-state index in [2.05, 4.69) is 42.3 Å². The van der Waals surface area contributed by atoms with Crippen molar-refractivity contribution >= 4 is 0 Å².